The van der Waals surface area contributed by atoms with Crippen LogP contribution in [-0.4, -0.2) is 43.3 Å². The third kappa shape index (κ3) is 7.85. The van der Waals surface area contributed by atoms with Crippen molar-refractivity contribution >= 4 is 23.6 Å². The number of nitrogens with one attached hydrogen (secondary N) is 3. The minimum atomic E-state index is -5.05. The number of anilines is 1. The molecule has 3 unspecified atom stereocenters. The van der Waals surface area contributed by atoms with E-state index < -0.39 is 71.1 Å². The van der Waals surface area contributed by atoms with E-state index in [9.17, 15) is 45.1 Å². The number of carbonyl (C=O) groups excluding carboxylic acids is 3. The monoisotopic (exact) mass is 817 g/mol. The Morgan fingerprint density at radius 3 is 2.21 bits per heavy atom. The van der Waals surface area contributed by atoms with E-state index in [-0.39, 0.29) is 51.4 Å². The Balaban J connectivity index is 1.05. The van der Waals surface area contributed by atoms with Crippen molar-refractivity contribution in [2.75, 3.05) is 12.4 Å². The van der Waals surface area contributed by atoms with Crippen LogP contribution in [0.15, 0.2) is 66.2 Å². The van der Waals surface area contributed by atoms with E-state index >= 15 is 4.39 Å². The fraction of sp³-hybridized carbons (Fsp3) is 0.452. The third-order valence-electron chi connectivity index (χ3n) is 12.3. The van der Waals surface area contributed by atoms with E-state index in [4.69, 9.17) is 9.47 Å². The molecule has 5 aliphatic rings. The summed E-state index contributed by atoms with van der Waals surface area (Å²) in [6.07, 6.45) is -5.44. The first kappa shape index (κ1) is 39.7. The maximum Gasteiger partial charge on any atom is 0.429 e. The van der Waals surface area contributed by atoms with Crippen molar-refractivity contribution in [2.45, 2.75) is 81.9 Å². The van der Waals surface area contributed by atoms with Gasteiger partial charge in [0.25, 0.3) is 5.91 Å². The Hall–Kier alpha value is -5.15. The smallest absolute Gasteiger partial charge is 0.429 e. The number of carbonyl (C=O) groups is 3. The third-order valence-corrected chi connectivity index (χ3v) is 12.3. The Bertz CT molecular complexity index is 2170. The lowest BCUT2D eigenvalue weighted by atomic mass is 9.77. The topological polar surface area (TPSA) is 106 Å². The van der Waals surface area contributed by atoms with Crippen LogP contribution < -0.4 is 20.7 Å². The maximum atomic E-state index is 15.4. The molecular weight excluding hydrogens is 778 g/mol. The molecule has 3 amide bonds. The van der Waals surface area contributed by atoms with Crippen LogP contribution in [0.1, 0.15) is 79.0 Å². The standard InChI is InChI=1S/C42H39F8N3O5/c1-57-33-11-5-21(27-16-22(4-9-31(27)43)36(42(48,49)50)58-39(56)52-24-18-40(19-24)12-13-40)15-29(33)37(54)53-35-26-8-7-25(28(26)14-20-2-3-20)34(35)38(55)51-23-6-10-32(44)30(17-23)41(45,46)47/h4-6,9-11,14-17,20,24-26,34-36H,2-3,7-8,12-13,18-19H2,1H3,(H,51,55)(H,52,56)(H,53,54)/b28-14-/t25?,26?,34-,35+,36?/m0/s1. The first-order chi connectivity index (χ1) is 27.4. The van der Waals surface area contributed by atoms with Gasteiger partial charge in [0, 0.05) is 34.8 Å². The average Bonchev–Trinajstić information content (AvgIpc) is 4.08. The van der Waals surface area contributed by atoms with Crippen LogP contribution in [0.5, 0.6) is 5.75 Å². The molecular formula is C42H39F8N3O5. The average molecular weight is 818 g/mol. The van der Waals surface area contributed by atoms with Gasteiger partial charge in [0.2, 0.25) is 12.0 Å². The van der Waals surface area contributed by atoms with Crippen LogP contribution in [0.4, 0.5) is 45.6 Å². The van der Waals surface area contributed by atoms with E-state index in [2.05, 4.69) is 22.0 Å². The van der Waals surface area contributed by atoms with Gasteiger partial charge in [-0.15, -0.1) is 0 Å². The molecule has 16 heteroatoms. The van der Waals surface area contributed by atoms with Crippen LogP contribution >= 0.6 is 0 Å². The number of hydrogen-bond donors (Lipinski definition) is 3. The number of benzene rings is 3. The van der Waals surface area contributed by atoms with Gasteiger partial charge in [-0.1, -0.05) is 23.8 Å². The summed E-state index contributed by atoms with van der Waals surface area (Å²) in [4.78, 5) is 40.6. The van der Waals surface area contributed by atoms with Gasteiger partial charge in [-0.2, -0.15) is 26.3 Å². The molecule has 0 aliphatic heterocycles. The quantitative estimate of drug-likeness (QED) is 0.140. The molecule has 5 atom stereocenters. The van der Waals surface area contributed by atoms with Crippen molar-refractivity contribution in [3.8, 4) is 16.9 Å². The molecule has 3 N–H and O–H groups in total. The summed E-state index contributed by atoms with van der Waals surface area (Å²) in [5.41, 5.74) is -1.69. The number of alkyl carbamates (subject to hydrolysis) is 1. The summed E-state index contributed by atoms with van der Waals surface area (Å²) in [5.74, 6) is -5.07. The molecule has 8 rings (SSSR count). The highest BCUT2D eigenvalue weighted by Crippen LogP contribution is 2.60. The van der Waals surface area contributed by atoms with Crippen LogP contribution in [0.25, 0.3) is 11.1 Å². The minimum Gasteiger partial charge on any atom is -0.496 e. The second-order valence-electron chi connectivity index (χ2n) is 16.2. The lowest BCUT2D eigenvalue weighted by Crippen LogP contribution is -2.48. The SMILES string of the molecule is COc1ccc(-c2cc(C(OC(=O)NC3CC4(CC4)C3)C(F)(F)F)ccc2F)cc1C(=O)N[C@@H]1C2CCC(/C2=C/C2CC2)[C@@H]1C(=O)Nc1ccc(F)c(C(F)(F)F)c1. The normalized spacial score (nSPS) is 24.6. The van der Waals surface area contributed by atoms with E-state index in [1.54, 1.807) is 0 Å². The molecule has 58 heavy (non-hydrogen) atoms. The zero-order chi connectivity index (χ0) is 41.3. The molecule has 8 nitrogen and oxygen atoms in total. The summed E-state index contributed by atoms with van der Waals surface area (Å²) in [6, 6.07) is 7.51. The predicted molar refractivity (Wildman–Crippen MR) is 193 cm³/mol. The summed E-state index contributed by atoms with van der Waals surface area (Å²) in [7, 11) is 1.28. The van der Waals surface area contributed by atoms with E-state index in [1.807, 2.05) is 0 Å². The molecule has 3 aromatic rings. The molecule has 5 fully saturated rings. The fourth-order valence-corrected chi connectivity index (χ4v) is 9.12. The Morgan fingerprint density at radius 2 is 1.55 bits per heavy atom. The second-order valence-corrected chi connectivity index (χ2v) is 16.2. The molecule has 0 heterocycles. The first-order valence-electron chi connectivity index (χ1n) is 19.1. The Labute approximate surface area is 327 Å². The lowest BCUT2D eigenvalue weighted by Gasteiger charge is -2.36. The molecule has 0 radical (unpaired) electrons. The van der Waals surface area contributed by atoms with E-state index in [0.29, 0.717) is 43.7 Å². The highest BCUT2D eigenvalue weighted by molar-refractivity contribution is 6.00. The maximum absolute atomic E-state index is 15.4. The Morgan fingerprint density at radius 1 is 0.845 bits per heavy atom. The van der Waals surface area contributed by atoms with Crippen LogP contribution in [0.2, 0.25) is 0 Å². The number of alkyl halides is 6. The fourth-order valence-electron chi connectivity index (χ4n) is 9.12. The van der Waals surface area contributed by atoms with Crippen molar-refractivity contribution in [1.82, 2.24) is 10.6 Å². The van der Waals surface area contributed by atoms with Crippen molar-refractivity contribution in [3.63, 3.8) is 0 Å². The highest BCUT2D eigenvalue weighted by atomic mass is 19.4. The molecule has 1 spiro atoms. The molecule has 5 aliphatic carbocycles. The number of allylic oxidation sites excluding steroid dienone is 1. The van der Waals surface area contributed by atoms with Gasteiger partial charge in [0.1, 0.15) is 17.4 Å². The number of rotatable bonds is 10. The molecule has 0 aromatic heterocycles. The summed E-state index contributed by atoms with van der Waals surface area (Å²) in [6.45, 7) is 0. The van der Waals surface area contributed by atoms with Crippen LogP contribution in [0.3, 0.4) is 0 Å². The van der Waals surface area contributed by atoms with Gasteiger partial charge in [0.05, 0.1) is 24.2 Å². The number of ether oxygens (including phenoxy) is 2. The van der Waals surface area contributed by atoms with Gasteiger partial charge in [0.15, 0.2) is 0 Å². The molecule has 308 valence electrons. The largest absolute Gasteiger partial charge is 0.496 e. The molecule has 2 bridgehead atoms. The zero-order valence-corrected chi connectivity index (χ0v) is 31.0. The van der Waals surface area contributed by atoms with Gasteiger partial charge in [-0.05, 0) is 117 Å². The highest BCUT2D eigenvalue weighted by Gasteiger charge is 2.56. The zero-order valence-electron chi connectivity index (χ0n) is 31.0. The number of halogens is 8. The summed E-state index contributed by atoms with van der Waals surface area (Å²) in [5, 5.41) is 7.89. The van der Waals surface area contributed by atoms with E-state index in [0.717, 1.165) is 55.5 Å². The van der Waals surface area contributed by atoms with Crippen LogP contribution in [0, 0.1) is 40.7 Å². The van der Waals surface area contributed by atoms with Gasteiger partial charge < -0.3 is 25.4 Å². The van der Waals surface area contributed by atoms with Crippen LogP contribution in [-0.2, 0) is 15.7 Å². The van der Waals surface area contributed by atoms with Gasteiger partial charge in [-0.25, -0.2) is 13.6 Å². The summed E-state index contributed by atoms with van der Waals surface area (Å²) < 4.78 is 123. The first-order valence-corrected chi connectivity index (χ1v) is 19.1. The molecule has 0 saturated heterocycles. The minimum absolute atomic E-state index is 0.00629. The lowest BCUT2D eigenvalue weighted by molar-refractivity contribution is -0.206. The van der Waals surface area contributed by atoms with E-state index in [1.165, 1.54) is 25.3 Å². The molecule has 3 aromatic carbocycles. The van der Waals surface area contributed by atoms with Crippen molar-refractivity contribution < 1.29 is 59.0 Å². The molecule has 5 saturated carbocycles. The number of methoxy groups -OCH3 is 1. The van der Waals surface area contributed by atoms with Gasteiger partial charge >= 0.3 is 18.4 Å². The van der Waals surface area contributed by atoms with Crippen molar-refractivity contribution in [1.29, 1.82) is 0 Å². The van der Waals surface area contributed by atoms with Gasteiger partial charge in [-0.3, -0.25) is 9.59 Å². The summed E-state index contributed by atoms with van der Waals surface area (Å²) >= 11 is 0. The number of hydrogen-bond acceptors (Lipinski definition) is 5. The van der Waals surface area contributed by atoms with Crippen molar-refractivity contribution in [3.05, 3.63) is 94.6 Å². The Kier molecular flexibility index (Phi) is 9.98. The number of amides is 3. The number of fused-ring (bicyclic) bond motifs is 2. The predicted octanol–water partition coefficient (Wildman–Crippen LogP) is 9.66. The second kappa shape index (κ2) is 14.6. The van der Waals surface area contributed by atoms with Crippen molar-refractivity contribution in [2.24, 2.45) is 29.1 Å².